The van der Waals surface area contributed by atoms with Gasteiger partial charge in [0.15, 0.2) is 8.32 Å². The Morgan fingerprint density at radius 1 is 1.07 bits per heavy atom. The van der Waals surface area contributed by atoms with E-state index in [-0.39, 0.29) is 0 Å². The highest BCUT2D eigenvalue weighted by atomic mass is 79.9. The largest absolute Gasteiger partial charge is 0.417 e. The first-order chi connectivity index (χ1) is 13.0. The zero-order valence-electron chi connectivity index (χ0n) is 19.2. The van der Waals surface area contributed by atoms with Gasteiger partial charge in [-0.15, -0.1) is 0 Å². The normalized spacial score (nSPS) is 27.9. The first-order valence-electron chi connectivity index (χ1n) is 11.6. The number of rotatable bonds is 12. The molecule has 0 spiro atoms. The minimum absolute atomic E-state index is 0.299. The van der Waals surface area contributed by atoms with E-state index in [2.05, 4.69) is 61.7 Å². The van der Waals surface area contributed by atoms with E-state index < -0.39 is 8.32 Å². The van der Waals surface area contributed by atoms with Crippen LogP contribution in [0.5, 0.6) is 0 Å². The molecular weight excluding hydrogens is 430 g/mol. The van der Waals surface area contributed by atoms with Crippen molar-refractivity contribution in [2.75, 3.05) is 20.2 Å². The minimum Gasteiger partial charge on any atom is -0.417 e. The van der Waals surface area contributed by atoms with Crippen LogP contribution in [0.4, 0.5) is 0 Å². The molecule has 0 aromatic heterocycles. The van der Waals surface area contributed by atoms with Crippen LogP contribution in [0.1, 0.15) is 78.6 Å². The van der Waals surface area contributed by atoms with Gasteiger partial charge in [0.05, 0.1) is 0 Å². The molecule has 164 valence electrons. The molecule has 0 radical (unpaired) electrons. The molecule has 1 unspecified atom stereocenters. The predicted molar refractivity (Wildman–Crippen MR) is 126 cm³/mol. The summed E-state index contributed by atoms with van der Waals surface area (Å²) in [6.07, 6.45) is 11.0. The van der Waals surface area contributed by atoms with Crippen LogP contribution in [-0.4, -0.2) is 50.1 Å². The van der Waals surface area contributed by atoms with Crippen molar-refractivity contribution in [1.29, 1.82) is 0 Å². The lowest BCUT2D eigenvalue weighted by atomic mass is 9.99. The lowest BCUT2D eigenvalue weighted by Crippen LogP contribution is -2.40. The smallest absolute Gasteiger partial charge is 0.191 e. The van der Waals surface area contributed by atoms with Gasteiger partial charge in [-0.3, -0.25) is 4.79 Å². The monoisotopic (exact) mass is 473 g/mol. The van der Waals surface area contributed by atoms with E-state index in [9.17, 15) is 4.79 Å². The van der Waals surface area contributed by atoms with Gasteiger partial charge in [-0.1, -0.05) is 68.8 Å². The molecule has 2 fully saturated rings. The Balaban J connectivity index is 1.47. The third kappa shape index (κ3) is 6.39. The lowest BCUT2D eigenvalue weighted by molar-refractivity contribution is -0.122. The number of fused-ring (bicyclic) bond motifs is 2. The standard InChI is InChI=1S/C23H44BrNO2Si/c1-23(2,3)28(5,6)27-15-13-11-9-7-8-10-12-14-25(4)22-18-17-21(26)19(22)16-20(18)24/h18-20,22H,7-17H2,1-6H3/t18-,19-,20?,22-/m1/s1. The average molecular weight is 475 g/mol. The number of hydrogen-bond acceptors (Lipinski definition) is 3. The Hall–Kier alpha value is 0.287. The van der Waals surface area contributed by atoms with Gasteiger partial charge < -0.3 is 9.33 Å². The molecule has 0 saturated heterocycles. The lowest BCUT2D eigenvalue weighted by Gasteiger charge is -2.36. The van der Waals surface area contributed by atoms with Crippen molar-refractivity contribution in [3.63, 3.8) is 0 Å². The fourth-order valence-electron chi connectivity index (χ4n) is 4.70. The number of carbonyl (C=O) groups excluding carboxylic acids is 1. The summed E-state index contributed by atoms with van der Waals surface area (Å²) in [4.78, 5) is 15.1. The third-order valence-corrected chi connectivity index (χ3v) is 13.2. The summed E-state index contributed by atoms with van der Waals surface area (Å²) in [5.74, 6) is 1.36. The van der Waals surface area contributed by atoms with Gasteiger partial charge in [0.2, 0.25) is 0 Å². The van der Waals surface area contributed by atoms with Gasteiger partial charge in [0.25, 0.3) is 0 Å². The van der Waals surface area contributed by atoms with Crippen LogP contribution in [0.15, 0.2) is 0 Å². The zero-order chi connectivity index (χ0) is 20.9. The van der Waals surface area contributed by atoms with Crippen LogP contribution in [0.2, 0.25) is 18.1 Å². The molecule has 0 aromatic rings. The molecule has 2 saturated carbocycles. The zero-order valence-corrected chi connectivity index (χ0v) is 21.8. The highest BCUT2D eigenvalue weighted by Gasteiger charge is 2.53. The maximum atomic E-state index is 12.1. The predicted octanol–water partition coefficient (Wildman–Crippen LogP) is 6.41. The van der Waals surface area contributed by atoms with E-state index in [1.807, 2.05) is 0 Å². The topological polar surface area (TPSA) is 29.5 Å². The van der Waals surface area contributed by atoms with E-state index in [4.69, 9.17) is 4.43 Å². The Bertz CT molecular complexity index is 505. The van der Waals surface area contributed by atoms with Gasteiger partial charge in [0, 0.05) is 29.8 Å². The first kappa shape index (κ1) is 24.6. The van der Waals surface area contributed by atoms with Gasteiger partial charge >= 0.3 is 0 Å². The van der Waals surface area contributed by atoms with Crippen molar-refractivity contribution in [3.05, 3.63) is 0 Å². The van der Waals surface area contributed by atoms with E-state index in [0.29, 0.717) is 33.5 Å². The Morgan fingerprint density at radius 2 is 1.64 bits per heavy atom. The van der Waals surface area contributed by atoms with E-state index in [1.165, 1.54) is 44.9 Å². The third-order valence-electron chi connectivity index (χ3n) is 7.58. The summed E-state index contributed by atoms with van der Waals surface area (Å²) >= 11 is 3.79. The summed E-state index contributed by atoms with van der Waals surface area (Å²) in [6.45, 7) is 13.7. The summed E-state index contributed by atoms with van der Waals surface area (Å²) < 4.78 is 6.26. The van der Waals surface area contributed by atoms with E-state index in [1.54, 1.807) is 0 Å². The van der Waals surface area contributed by atoms with E-state index in [0.717, 1.165) is 26.0 Å². The Kier molecular flexibility index (Phi) is 9.25. The summed E-state index contributed by atoms with van der Waals surface area (Å²) in [5.41, 5.74) is 0. The van der Waals surface area contributed by atoms with Gasteiger partial charge in [-0.05, 0) is 56.9 Å². The first-order valence-corrected chi connectivity index (χ1v) is 15.4. The summed E-state index contributed by atoms with van der Waals surface area (Å²) in [6, 6.07) is 0.498. The number of ketones is 1. The highest BCUT2D eigenvalue weighted by Crippen LogP contribution is 2.48. The quantitative estimate of drug-likeness (QED) is 0.186. The van der Waals surface area contributed by atoms with Crippen LogP contribution in [-0.2, 0) is 9.22 Å². The van der Waals surface area contributed by atoms with Gasteiger partial charge in [-0.2, -0.15) is 0 Å². The van der Waals surface area contributed by atoms with Crippen LogP contribution < -0.4 is 0 Å². The number of unbranched alkanes of at least 4 members (excludes halogenated alkanes) is 6. The van der Waals surface area contributed by atoms with E-state index >= 15 is 0 Å². The van der Waals surface area contributed by atoms with Crippen LogP contribution >= 0.6 is 15.9 Å². The molecule has 4 atom stereocenters. The molecule has 0 aromatic carbocycles. The second-order valence-corrected chi connectivity index (χ2v) is 16.7. The second kappa shape index (κ2) is 10.5. The molecule has 0 N–H and O–H groups in total. The van der Waals surface area contributed by atoms with Crippen molar-refractivity contribution in [2.45, 2.75) is 108 Å². The van der Waals surface area contributed by atoms with Crippen molar-refractivity contribution in [3.8, 4) is 0 Å². The highest BCUT2D eigenvalue weighted by molar-refractivity contribution is 9.09. The second-order valence-electron chi connectivity index (χ2n) is 10.7. The number of alkyl halides is 1. The molecule has 2 bridgehead atoms. The maximum Gasteiger partial charge on any atom is 0.191 e. The molecule has 0 heterocycles. The minimum atomic E-state index is -1.56. The molecule has 2 aliphatic rings. The fraction of sp³-hybridized carbons (Fsp3) is 0.957. The maximum absolute atomic E-state index is 12.1. The molecule has 0 aliphatic heterocycles. The molecule has 2 aliphatic carbocycles. The van der Waals surface area contributed by atoms with Crippen molar-refractivity contribution < 1.29 is 9.22 Å². The Labute approximate surface area is 183 Å². The summed E-state index contributed by atoms with van der Waals surface area (Å²) in [5, 5.41) is 0.320. The molecule has 0 amide bonds. The fourth-order valence-corrected chi connectivity index (χ4v) is 6.69. The molecule has 3 nitrogen and oxygen atoms in total. The molecule has 2 rings (SSSR count). The molecular formula is C23H44BrNO2Si. The number of nitrogens with zero attached hydrogens (tertiary/aromatic N) is 1. The SMILES string of the molecule is CN(CCCCCCCCCO[Si](C)(C)C(C)(C)C)[C@H]1[C@@H]2CC(Br)[C@H]1CC2=O. The van der Waals surface area contributed by atoms with Crippen LogP contribution in [0, 0.1) is 11.8 Å². The molecule has 5 heteroatoms. The number of hydrogen-bond donors (Lipinski definition) is 0. The number of carbonyl (C=O) groups is 1. The summed E-state index contributed by atoms with van der Waals surface area (Å²) in [7, 11) is 0.677. The van der Waals surface area contributed by atoms with Gasteiger partial charge in [0.1, 0.15) is 5.78 Å². The van der Waals surface area contributed by atoms with Crippen LogP contribution in [0.3, 0.4) is 0 Å². The van der Waals surface area contributed by atoms with Crippen molar-refractivity contribution >= 4 is 30.0 Å². The Morgan fingerprint density at radius 3 is 2.18 bits per heavy atom. The average Bonchev–Trinajstić information content (AvgIpc) is 3.08. The van der Waals surface area contributed by atoms with Crippen LogP contribution in [0.25, 0.3) is 0 Å². The molecule has 28 heavy (non-hydrogen) atoms. The van der Waals surface area contributed by atoms with Crippen molar-refractivity contribution in [2.24, 2.45) is 11.8 Å². The van der Waals surface area contributed by atoms with Crippen molar-refractivity contribution in [1.82, 2.24) is 4.90 Å². The van der Waals surface area contributed by atoms with Gasteiger partial charge in [-0.25, -0.2) is 0 Å². The number of Topliss-reactive ketones (excluding diaryl/α,β-unsaturated/α-hetero) is 1. The number of halogens is 1.